The maximum absolute atomic E-state index is 12.9. The first-order valence-electron chi connectivity index (χ1n) is 22.5. The third-order valence-electron chi connectivity index (χ3n) is 10.7. The van der Waals surface area contributed by atoms with Crippen LogP contribution < -0.4 is 21.3 Å². The second-order valence-corrected chi connectivity index (χ2v) is 18.5. The smallest absolute Gasteiger partial charge is 0.222 e. The van der Waals surface area contributed by atoms with Gasteiger partial charge in [-0.05, 0) is 69.3 Å². The van der Waals surface area contributed by atoms with Gasteiger partial charge in [0.15, 0.2) is 0 Å². The summed E-state index contributed by atoms with van der Waals surface area (Å²) in [6, 6.07) is -1.46. The highest BCUT2D eigenvalue weighted by Crippen LogP contribution is 2.30. The molecule has 17 nitrogen and oxygen atoms in total. The zero-order chi connectivity index (χ0) is 45.0. The van der Waals surface area contributed by atoms with Gasteiger partial charge >= 0.3 is 0 Å². The van der Waals surface area contributed by atoms with Crippen molar-refractivity contribution in [1.29, 1.82) is 0 Å². The summed E-state index contributed by atoms with van der Waals surface area (Å²) < 4.78 is 11.4. The molecule has 0 bridgehead atoms. The van der Waals surface area contributed by atoms with Crippen LogP contribution in [0, 0.1) is 0 Å². The van der Waals surface area contributed by atoms with E-state index in [0.717, 1.165) is 95.6 Å². The van der Waals surface area contributed by atoms with E-state index in [2.05, 4.69) is 28.2 Å². The molecule has 0 radical (unpaired) electrons. The maximum atomic E-state index is 12.9. The molecule has 19 heteroatoms. The van der Waals surface area contributed by atoms with Gasteiger partial charge in [0.05, 0.1) is 25.3 Å². The van der Waals surface area contributed by atoms with Gasteiger partial charge in [-0.1, -0.05) is 39.0 Å². The molecular weight excluding hydrogens is 831 g/mol. The van der Waals surface area contributed by atoms with Gasteiger partial charge in [-0.2, -0.15) is 0 Å². The number of unbranched alkanes of at least 4 members (excludes halogenated alkanes) is 9. The fourth-order valence-electron chi connectivity index (χ4n) is 7.17. The van der Waals surface area contributed by atoms with Crippen molar-refractivity contribution in [3.8, 4) is 0 Å². The molecule has 2 fully saturated rings. The Morgan fingerprint density at radius 2 is 1.13 bits per heavy atom. The first kappa shape index (κ1) is 54.9. The zero-order valence-corrected chi connectivity index (χ0v) is 38.4. The SMILES string of the molecule is CCCCC(=O)N(CCCCCC(=O)NCCCCCS[C@@H]1OC[C@H](O)[C@@H](O)C1NC(C)=O)CCCCCC(=O)NCCCCCS[C@@H]1OC(CO)[C@H](O)[C@@H](O)C1NC(C)=O. The summed E-state index contributed by atoms with van der Waals surface area (Å²) >= 11 is 2.91. The van der Waals surface area contributed by atoms with E-state index in [4.69, 9.17) is 9.47 Å². The number of rotatable bonds is 32. The van der Waals surface area contributed by atoms with Gasteiger partial charge in [0, 0.05) is 59.3 Å². The highest BCUT2D eigenvalue weighted by molar-refractivity contribution is 8.00. The minimum atomic E-state index is -1.30. The molecular formula is C42H77N5O12S2. The van der Waals surface area contributed by atoms with E-state index >= 15 is 0 Å². The van der Waals surface area contributed by atoms with Crippen molar-refractivity contribution in [1.82, 2.24) is 26.2 Å². The Balaban J connectivity index is 1.52. The second kappa shape index (κ2) is 32.4. The molecule has 2 aliphatic rings. The molecule has 2 heterocycles. The fourth-order valence-corrected chi connectivity index (χ4v) is 9.64. The highest BCUT2D eigenvalue weighted by Gasteiger charge is 2.45. The zero-order valence-electron chi connectivity index (χ0n) is 36.7. The van der Waals surface area contributed by atoms with Crippen LogP contribution in [0.3, 0.4) is 0 Å². The molecule has 2 aliphatic heterocycles. The first-order chi connectivity index (χ1) is 29.3. The molecule has 0 aromatic rings. The Morgan fingerprint density at radius 1 is 0.623 bits per heavy atom. The largest absolute Gasteiger partial charge is 0.394 e. The van der Waals surface area contributed by atoms with Crippen molar-refractivity contribution in [2.45, 2.75) is 183 Å². The molecule has 2 saturated heterocycles. The van der Waals surface area contributed by atoms with Gasteiger partial charge < -0.3 is 61.2 Å². The van der Waals surface area contributed by atoms with Crippen molar-refractivity contribution in [2.24, 2.45) is 0 Å². The number of aliphatic hydroxyl groups excluding tert-OH is 5. The van der Waals surface area contributed by atoms with Crippen molar-refractivity contribution < 1.29 is 59.0 Å². The average Bonchev–Trinajstić information content (AvgIpc) is 3.22. The molecule has 0 saturated carbocycles. The normalized spacial score (nSPS) is 25.1. The Kier molecular flexibility index (Phi) is 29.2. The number of hydrogen-bond donors (Lipinski definition) is 9. The Labute approximate surface area is 371 Å². The van der Waals surface area contributed by atoms with Crippen molar-refractivity contribution >= 4 is 53.1 Å². The van der Waals surface area contributed by atoms with Gasteiger partial charge in [-0.25, -0.2) is 0 Å². The molecule has 0 aromatic carbocycles. The van der Waals surface area contributed by atoms with E-state index in [0.29, 0.717) is 51.2 Å². The van der Waals surface area contributed by atoms with Gasteiger partial charge in [0.1, 0.15) is 41.4 Å². The van der Waals surface area contributed by atoms with Crippen LogP contribution in [-0.2, 0) is 33.4 Å². The lowest BCUT2D eigenvalue weighted by Gasteiger charge is -2.42. The van der Waals surface area contributed by atoms with E-state index in [9.17, 15) is 49.5 Å². The minimum absolute atomic E-state index is 0.00838. The number of thioether (sulfide) groups is 2. The number of hydrogen-bond acceptors (Lipinski definition) is 14. The second-order valence-electron chi connectivity index (χ2n) is 16.1. The molecule has 0 spiro atoms. The van der Waals surface area contributed by atoms with Crippen molar-refractivity contribution in [3.63, 3.8) is 0 Å². The van der Waals surface area contributed by atoms with E-state index < -0.39 is 60.1 Å². The predicted molar refractivity (Wildman–Crippen MR) is 236 cm³/mol. The summed E-state index contributed by atoms with van der Waals surface area (Å²) in [7, 11) is 0. The number of carbonyl (C=O) groups excluding carboxylic acids is 5. The van der Waals surface area contributed by atoms with Crippen LogP contribution in [0.4, 0.5) is 0 Å². The Hall–Kier alpha value is -2.23. The van der Waals surface area contributed by atoms with Gasteiger partial charge in [-0.15, -0.1) is 23.5 Å². The van der Waals surface area contributed by atoms with Crippen LogP contribution in [0.25, 0.3) is 0 Å². The van der Waals surface area contributed by atoms with Crippen LogP contribution in [0.2, 0.25) is 0 Å². The quantitative estimate of drug-likeness (QED) is 0.0436. The Morgan fingerprint density at radius 3 is 1.64 bits per heavy atom. The van der Waals surface area contributed by atoms with E-state index in [1.807, 2.05) is 4.90 Å². The van der Waals surface area contributed by atoms with Gasteiger partial charge in [0.25, 0.3) is 0 Å². The van der Waals surface area contributed by atoms with Crippen LogP contribution in [0.1, 0.15) is 130 Å². The van der Waals surface area contributed by atoms with Crippen LogP contribution in [0.5, 0.6) is 0 Å². The summed E-state index contributed by atoms with van der Waals surface area (Å²) in [5, 5.41) is 61.5. The van der Waals surface area contributed by atoms with E-state index in [1.165, 1.54) is 37.4 Å². The number of carbonyl (C=O) groups is 5. The van der Waals surface area contributed by atoms with Crippen LogP contribution in [0.15, 0.2) is 0 Å². The number of ether oxygens (including phenoxy) is 2. The molecule has 3 unspecified atom stereocenters. The Bertz CT molecular complexity index is 1270. The van der Waals surface area contributed by atoms with Crippen LogP contribution >= 0.6 is 23.5 Å². The van der Waals surface area contributed by atoms with E-state index in [1.54, 1.807) is 0 Å². The topological polar surface area (TPSA) is 256 Å². The van der Waals surface area contributed by atoms with Gasteiger partial charge in [0.2, 0.25) is 29.5 Å². The molecule has 354 valence electrons. The lowest BCUT2D eigenvalue weighted by Crippen LogP contribution is -2.63. The molecule has 61 heavy (non-hydrogen) atoms. The molecule has 9 atom stereocenters. The first-order valence-corrected chi connectivity index (χ1v) is 24.6. The third-order valence-corrected chi connectivity index (χ3v) is 13.3. The number of aliphatic hydroxyl groups is 5. The van der Waals surface area contributed by atoms with Crippen LogP contribution in [-0.4, -0.2) is 164 Å². The minimum Gasteiger partial charge on any atom is -0.394 e. The lowest BCUT2D eigenvalue weighted by atomic mass is 9.98. The molecule has 5 amide bonds. The van der Waals surface area contributed by atoms with Crippen molar-refractivity contribution in [2.75, 3.05) is 50.9 Å². The average molecular weight is 908 g/mol. The summed E-state index contributed by atoms with van der Waals surface area (Å²) in [5.41, 5.74) is -1.04. The number of nitrogens with one attached hydrogen (secondary N) is 4. The highest BCUT2D eigenvalue weighted by atomic mass is 32.2. The molecule has 0 aliphatic carbocycles. The number of nitrogens with zero attached hydrogens (tertiary/aromatic N) is 1. The standard InChI is InChI=1S/C42H77N5O12S2/c1-4-5-20-35(54)47(23-14-6-10-18-33(52)43-21-12-8-16-25-60-41-36(45-29(2)49)38(55)31(51)28-58-41)24-15-7-11-19-34(53)44-22-13-9-17-26-61-42-37(46-30(3)50)40(57)39(56)32(27-48)59-42/h31-32,36-42,48,51,55-57H,4-28H2,1-3H3,(H,43,52)(H,44,53)(H,45,49)(H,46,50)/t31-,32?,36?,37?,38+,39-,40-,41-,42-/m0/s1. The fraction of sp³-hybridized carbons (Fsp3) is 0.881. The summed E-state index contributed by atoms with van der Waals surface area (Å²) in [6.45, 7) is 6.83. The summed E-state index contributed by atoms with van der Waals surface area (Å²) in [4.78, 5) is 62.8. The predicted octanol–water partition coefficient (Wildman–Crippen LogP) is 1.69. The molecule has 0 aromatic heterocycles. The lowest BCUT2D eigenvalue weighted by molar-refractivity contribution is -0.173. The molecule has 2 rings (SSSR count). The summed E-state index contributed by atoms with van der Waals surface area (Å²) in [6.07, 6.45) is 7.59. The van der Waals surface area contributed by atoms with Gasteiger partial charge in [-0.3, -0.25) is 24.0 Å². The van der Waals surface area contributed by atoms with E-state index in [-0.39, 0.29) is 36.1 Å². The monoisotopic (exact) mass is 908 g/mol. The number of amides is 5. The third kappa shape index (κ3) is 22.8. The summed E-state index contributed by atoms with van der Waals surface area (Å²) in [5.74, 6) is 0.994. The maximum Gasteiger partial charge on any atom is 0.222 e. The van der Waals surface area contributed by atoms with Crippen molar-refractivity contribution in [3.05, 3.63) is 0 Å². The molecule has 9 N–H and O–H groups in total.